The number of benzene rings is 1. The second-order valence-electron chi connectivity index (χ2n) is 5.85. The third kappa shape index (κ3) is 5.14. The highest BCUT2D eigenvalue weighted by Crippen LogP contribution is 2.31. The first-order chi connectivity index (χ1) is 10.1. The van der Waals surface area contributed by atoms with Crippen molar-refractivity contribution < 1.29 is 14.6 Å². The quantitative estimate of drug-likeness (QED) is 0.790. The molecule has 0 aliphatic heterocycles. The van der Waals surface area contributed by atoms with Crippen molar-refractivity contribution in [2.24, 2.45) is 0 Å². The van der Waals surface area contributed by atoms with Gasteiger partial charge in [0.2, 0.25) is 0 Å². The fourth-order valence-electron chi connectivity index (χ4n) is 2.87. The van der Waals surface area contributed by atoms with Crippen molar-refractivity contribution >= 4 is 5.97 Å². The Morgan fingerprint density at radius 3 is 2.62 bits per heavy atom. The van der Waals surface area contributed by atoms with Crippen LogP contribution >= 0.6 is 0 Å². The third-order valence-electron chi connectivity index (χ3n) is 4.13. The minimum atomic E-state index is -0.878. The Hall–Kier alpha value is -1.39. The fourth-order valence-corrected chi connectivity index (χ4v) is 2.87. The molecule has 4 nitrogen and oxygen atoms in total. The van der Waals surface area contributed by atoms with Crippen LogP contribution in [0.4, 0.5) is 0 Å². The van der Waals surface area contributed by atoms with Crippen molar-refractivity contribution in [1.82, 2.24) is 5.32 Å². The van der Waals surface area contributed by atoms with Gasteiger partial charge in [-0.15, -0.1) is 0 Å². The normalized spacial score (nSPS) is 25.5. The second-order valence-corrected chi connectivity index (χ2v) is 5.85. The molecular formula is C17H25NO3. The molecule has 2 rings (SSSR count). The first kappa shape index (κ1) is 16.0. The molecule has 0 spiro atoms. The minimum absolute atomic E-state index is 0.117. The Bertz CT molecular complexity index is 439. The van der Waals surface area contributed by atoms with E-state index >= 15 is 0 Å². The number of carbonyl (C=O) groups is 1. The number of hydrogen-bond acceptors (Lipinski definition) is 4. The molecule has 0 radical (unpaired) electrons. The van der Waals surface area contributed by atoms with Crippen molar-refractivity contribution in [2.75, 3.05) is 6.61 Å². The molecule has 1 aliphatic rings. The van der Waals surface area contributed by atoms with E-state index in [0.717, 1.165) is 19.4 Å². The molecule has 116 valence electrons. The zero-order valence-electron chi connectivity index (χ0n) is 12.7. The number of ether oxygens (including phenoxy) is 1. The van der Waals surface area contributed by atoms with Crippen LogP contribution in [0.2, 0.25) is 0 Å². The average molecular weight is 291 g/mol. The Labute approximate surface area is 126 Å². The van der Waals surface area contributed by atoms with Crippen molar-refractivity contribution in [3.05, 3.63) is 35.9 Å². The Balaban J connectivity index is 1.73. The number of carbonyl (C=O) groups excluding carboxylic acids is 1. The summed E-state index contributed by atoms with van der Waals surface area (Å²) in [7, 11) is 0. The molecule has 0 saturated heterocycles. The molecule has 0 atom stereocenters. The van der Waals surface area contributed by atoms with Crippen LogP contribution in [0.3, 0.4) is 0 Å². The van der Waals surface area contributed by atoms with E-state index < -0.39 is 5.60 Å². The molecule has 21 heavy (non-hydrogen) atoms. The predicted molar refractivity (Wildman–Crippen MR) is 81.7 cm³/mol. The molecule has 1 aliphatic carbocycles. The Kier molecular flexibility index (Phi) is 5.76. The molecule has 0 unspecified atom stereocenters. The van der Waals surface area contributed by atoms with Crippen molar-refractivity contribution in [1.29, 1.82) is 0 Å². The molecule has 0 bridgehead atoms. The molecule has 0 aromatic heterocycles. The number of rotatable bonds is 6. The summed E-state index contributed by atoms with van der Waals surface area (Å²) in [6.07, 6.45) is 3.20. The van der Waals surface area contributed by atoms with E-state index in [1.807, 2.05) is 18.2 Å². The molecule has 2 N–H and O–H groups in total. The summed E-state index contributed by atoms with van der Waals surface area (Å²) >= 11 is 0. The smallest absolute Gasteiger partial charge is 0.308 e. The molecule has 0 heterocycles. The molecule has 1 aromatic carbocycles. The number of nitrogens with one attached hydrogen (secondary N) is 1. The maximum absolute atomic E-state index is 11.5. The van der Waals surface area contributed by atoms with Gasteiger partial charge in [0.1, 0.15) is 0 Å². The summed E-state index contributed by atoms with van der Waals surface area (Å²) in [6, 6.07) is 10.7. The van der Waals surface area contributed by atoms with Crippen molar-refractivity contribution in [3.63, 3.8) is 0 Å². The largest absolute Gasteiger partial charge is 0.466 e. The van der Waals surface area contributed by atoms with Crippen LogP contribution in [0, 0.1) is 0 Å². The molecule has 1 aromatic rings. The topological polar surface area (TPSA) is 58.6 Å². The zero-order chi connectivity index (χ0) is 15.1. The Morgan fingerprint density at radius 2 is 2.00 bits per heavy atom. The van der Waals surface area contributed by atoms with Gasteiger partial charge in [-0.2, -0.15) is 0 Å². The lowest BCUT2D eigenvalue weighted by molar-refractivity contribution is -0.150. The van der Waals surface area contributed by atoms with Crippen LogP contribution in [0.5, 0.6) is 0 Å². The van der Waals surface area contributed by atoms with Crippen molar-refractivity contribution in [2.45, 2.75) is 57.2 Å². The standard InChI is InChI=1S/C17H25NO3/c1-2-21-16(19)12-17(20)10-8-15(9-11-17)18-13-14-6-4-3-5-7-14/h3-7,15,18,20H,2,8-13H2,1H3. The lowest BCUT2D eigenvalue weighted by atomic mass is 9.80. The molecule has 4 heteroatoms. The summed E-state index contributed by atoms with van der Waals surface area (Å²) in [4.78, 5) is 11.5. The second kappa shape index (κ2) is 7.57. The summed E-state index contributed by atoms with van der Waals surface area (Å²) in [5, 5.41) is 14.0. The number of aliphatic hydroxyl groups is 1. The van der Waals surface area contributed by atoms with E-state index in [9.17, 15) is 9.90 Å². The van der Waals surface area contributed by atoms with Crippen LogP contribution in [-0.2, 0) is 16.1 Å². The highest BCUT2D eigenvalue weighted by molar-refractivity contribution is 5.70. The average Bonchev–Trinajstić information content (AvgIpc) is 2.48. The van der Waals surface area contributed by atoms with Gasteiger partial charge in [0.25, 0.3) is 0 Å². The zero-order valence-corrected chi connectivity index (χ0v) is 12.7. The number of hydrogen-bond donors (Lipinski definition) is 2. The molecular weight excluding hydrogens is 266 g/mol. The highest BCUT2D eigenvalue weighted by atomic mass is 16.5. The lowest BCUT2D eigenvalue weighted by Gasteiger charge is -2.35. The predicted octanol–water partition coefficient (Wildman–Crippen LogP) is 2.40. The molecule has 1 saturated carbocycles. The maximum atomic E-state index is 11.5. The maximum Gasteiger partial charge on any atom is 0.308 e. The first-order valence-electron chi connectivity index (χ1n) is 7.76. The van der Waals surface area contributed by atoms with Gasteiger partial charge >= 0.3 is 5.97 Å². The summed E-state index contributed by atoms with van der Waals surface area (Å²) in [6.45, 7) is 3.00. The van der Waals surface area contributed by atoms with Gasteiger partial charge < -0.3 is 15.2 Å². The van der Waals surface area contributed by atoms with Gasteiger partial charge in [0, 0.05) is 12.6 Å². The summed E-state index contributed by atoms with van der Waals surface area (Å²) < 4.78 is 4.93. The monoisotopic (exact) mass is 291 g/mol. The van der Waals surface area contributed by atoms with E-state index in [4.69, 9.17) is 4.74 Å². The summed E-state index contributed by atoms with van der Waals surface area (Å²) in [5.41, 5.74) is 0.391. The van der Waals surface area contributed by atoms with E-state index in [1.54, 1.807) is 6.92 Å². The SMILES string of the molecule is CCOC(=O)CC1(O)CCC(NCc2ccccc2)CC1. The van der Waals surface area contributed by atoms with Crippen LogP contribution in [0.25, 0.3) is 0 Å². The van der Waals surface area contributed by atoms with E-state index in [2.05, 4.69) is 17.4 Å². The number of esters is 1. The van der Waals surface area contributed by atoms with E-state index in [1.165, 1.54) is 5.56 Å². The third-order valence-corrected chi connectivity index (χ3v) is 4.13. The fraction of sp³-hybridized carbons (Fsp3) is 0.588. The van der Waals surface area contributed by atoms with Crippen molar-refractivity contribution in [3.8, 4) is 0 Å². The van der Waals surface area contributed by atoms with Gasteiger partial charge in [-0.05, 0) is 38.2 Å². The lowest BCUT2D eigenvalue weighted by Crippen LogP contribution is -2.42. The van der Waals surface area contributed by atoms with Gasteiger partial charge in [-0.3, -0.25) is 4.79 Å². The van der Waals surface area contributed by atoms with Gasteiger partial charge in [-0.25, -0.2) is 0 Å². The minimum Gasteiger partial charge on any atom is -0.466 e. The Morgan fingerprint density at radius 1 is 1.33 bits per heavy atom. The van der Waals surface area contributed by atoms with Crippen LogP contribution in [0.1, 0.15) is 44.6 Å². The van der Waals surface area contributed by atoms with E-state index in [-0.39, 0.29) is 12.4 Å². The van der Waals surface area contributed by atoms with Crippen LogP contribution in [0.15, 0.2) is 30.3 Å². The first-order valence-corrected chi connectivity index (χ1v) is 7.76. The van der Waals surface area contributed by atoms with Crippen LogP contribution in [-0.4, -0.2) is 29.3 Å². The van der Waals surface area contributed by atoms with Gasteiger partial charge in [-0.1, -0.05) is 30.3 Å². The molecule has 0 amide bonds. The van der Waals surface area contributed by atoms with Gasteiger partial charge in [0.05, 0.1) is 18.6 Å². The highest BCUT2D eigenvalue weighted by Gasteiger charge is 2.35. The van der Waals surface area contributed by atoms with Crippen LogP contribution < -0.4 is 5.32 Å². The van der Waals surface area contributed by atoms with E-state index in [0.29, 0.717) is 25.5 Å². The summed E-state index contributed by atoms with van der Waals surface area (Å²) in [5.74, 6) is -0.296. The van der Waals surface area contributed by atoms with Gasteiger partial charge in [0.15, 0.2) is 0 Å². The molecule has 1 fully saturated rings.